The maximum Gasteiger partial charge on any atom is 0.308 e. The van der Waals surface area contributed by atoms with Crippen molar-refractivity contribution in [3.05, 3.63) is 65.7 Å². The third-order valence-electron chi connectivity index (χ3n) is 7.43. The van der Waals surface area contributed by atoms with E-state index in [-0.39, 0.29) is 5.91 Å². The van der Waals surface area contributed by atoms with Crippen molar-refractivity contribution in [2.45, 2.75) is 69.9 Å². The number of nitrogens with two attached hydrogens (primary N) is 1. The molecule has 0 bridgehead atoms. The minimum absolute atomic E-state index is 0.276. The van der Waals surface area contributed by atoms with Gasteiger partial charge in [0.2, 0.25) is 5.91 Å². The summed E-state index contributed by atoms with van der Waals surface area (Å²) in [6.45, 7) is 0.380. The van der Waals surface area contributed by atoms with Crippen LogP contribution in [0.15, 0.2) is 54.6 Å². The van der Waals surface area contributed by atoms with Gasteiger partial charge in [0, 0.05) is 5.69 Å². The zero-order valence-corrected chi connectivity index (χ0v) is 18.7. The molecule has 1 heterocycles. The standard InChI is InChI=1S/C27H34N2O3/c28-27(23(25(30)31)16-15-20-9-3-1-4-10-20)18-17-22-13-7-8-14-24(22)29(26(27)32)19-21-11-5-2-6-12-21/h2,5-8,11-14,20,23H,1,3-4,9-10,15-19,28H2,(H,30,31)/t23-,27+/m1/s1. The lowest BCUT2D eigenvalue weighted by Gasteiger charge is -2.37. The average molecular weight is 435 g/mol. The summed E-state index contributed by atoms with van der Waals surface area (Å²) in [4.78, 5) is 28.1. The maximum absolute atomic E-state index is 14.0. The predicted octanol–water partition coefficient (Wildman–Crippen LogP) is 4.92. The molecule has 2 aromatic carbocycles. The van der Waals surface area contributed by atoms with Crippen molar-refractivity contribution < 1.29 is 14.7 Å². The Bertz CT molecular complexity index is 939. The summed E-state index contributed by atoms with van der Waals surface area (Å²) in [6.07, 6.45) is 8.24. The van der Waals surface area contributed by atoms with E-state index < -0.39 is 17.4 Å². The highest BCUT2D eigenvalue weighted by Crippen LogP contribution is 2.38. The number of para-hydroxylation sites is 1. The lowest BCUT2D eigenvalue weighted by Crippen LogP contribution is -2.61. The molecular weight excluding hydrogens is 400 g/mol. The Balaban J connectivity index is 1.64. The first kappa shape index (κ1) is 22.5. The normalized spacial score (nSPS) is 22.8. The predicted molar refractivity (Wildman–Crippen MR) is 126 cm³/mol. The van der Waals surface area contributed by atoms with Crippen molar-refractivity contribution in [2.75, 3.05) is 4.90 Å². The van der Waals surface area contributed by atoms with Gasteiger partial charge in [-0.1, -0.05) is 80.6 Å². The number of nitrogens with zero attached hydrogens (tertiary/aromatic N) is 1. The van der Waals surface area contributed by atoms with E-state index >= 15 is 0 Å². The van der Waals surface area contributed by atoms with Crippen molar-refractivity contribution in [3.8, 4) is 0 Å². The second kappa shape index (κ2) is 9.86. The highest BCUT2D eigenvalue weighted by atomic mass is 16.4. The minimum atomic E-state index is -1.42. The summed E-state index contributed by atoms with van der Waals surface area (Å²) in [6, 6.07) is 17.7. The van der Waals surface area contributed by atoms with Crippen molar-refractivity contribution >= 4 is 17.6 Å². The second-order valence-corrected chi connectivity index (χ2v) is 9.52. The van der Waals surface area contributed by atoms with Crippen LogP contribution in [-0.4, -0.2) is 22.5 Å². The third kappa shape index (κ3) is 4.73. The smallest absolute Gasteiger partial charge is 0.308 e. The van der Waals surface area contributed by atoms with Crippen molar-refractivity contribution in [2.24, 2.45) is 17.6 Å². The third-order valence-corrected chi connectivity index (χ3v) is 7.43. The molecule has 5 nitrogen and oxygen atoms in total. The molecule has 2 aliphatic rings. The molecule has 32 heavy (non-hydrogen) atoms. The number of carboxylic acids is 1. The summed E-state index contributed by atoms with van der Waals surface area (Å²) >= 11 is 0. The first-order valence-corrected chi connectivity index (χ1v) is 11.9. The fourth-order valence-corrected chi connectivity index (χ4v) is 5.52. The molecule has 0 spiro atoms. The molecule has 2 aromatic rings. The van der Waals surface area contributed by atoms with E-state index in [1.807, 2.05) is 54.6 Å². The Morgan fingerprint density at radius 2 is 1.75 bits per heavy atom. The molecule has 5 heteroatoms. The van der Waals surface area contributed by atoms with Gasteiger partial charge in [-0.15, -0.1) is 0 Å². The monoisotopic (exact) mass is 434 g/mol. The average Bonchev–Trinajstić information content (AvgIpc) is 2.91. The molecule has 2 atom stereocenters. The Labute approximate surface area is 190 Å². The van der Waals surface area contributed by atoms with Crippen molar-refractivity contribution in [1.82, 2.24) is 0 Å². The van der Waals surface area contributed by atoms with E-state index in [1.54, 1.807) is 4.90 Å². The molecule has 0 radical (unpaired) electrons. The SMILES string of the molecule is N[C@]1([C@H](CCC2CCCCC2)C(=O)O)CCc2ccccc2N(Cc2ccccc2)C1=O. The van der Waals surface area contributed by atoms with Crippen LogP contribution in [0.3, 0.4) is 0 Å². The van der Waals surface area contributed by atoms with Crippen LogP contribution >= 0.6 is 0 Å². The molecule has 170 valence electrons. The molecule has 1 amide bonds. The van der Waals surface area contributed by atoms with Gasteiger partial charge >= 0.3 is 5.97 Å². The summed E-state index contributed by atoms with van der Waals surface area (Å²) in [7, 11) is 0. The van der Waals surface area contributed by atoms with Crippen LogP contribution in [0.25, 0.3) is 0 Å². The lowest BCUT2D eigenvalue weighted by molar-refractivity contribution is -0.148. The van der Waals surface area contributed by atoms with Gasteiger partial charge in [-0.2, -0.15) is 0 Å². The summed E-state index contributed by atoms with van der Waals surface area (Å²) in [5, 5.41) is 10.2. The number of fused-ring (bicyclic) bond motifs is 1. The number of benzene rings is 2. The molecule has 0 saturated heterocycles. The van der Waals surface area contributed by atoms with Crippen LogP contribution in [0, 0.1) is 11.8 Å². The number of hydrogen-bond donors (Lipinski definition) is 2. The Hall–Kier alpha value is -2.66. The molecule has 1 aliphatic carbocycles. The number of rotatable bonds is 7. The molecule has 3 N–H and O–H groups in total. The van der Waals surface area contributed by atoms with E-state index in [0.29, 0.717) is 31.7 Å². The van der Waals surface area contributed by atoms with E-state index in [9.17, 15) is 14.7 Å². The van der Waals surface area contributed by atoms with Crippen LogP contribution in [0.4, 0.5) is 5.69 Å². The van der Waals surface area contributed by atoms with Crippen LogP contribution in [-0.2, 0) is 22.6 Å². The van der Waals surface area contributed by atoms with Gasteiger partial charge < -0.3 is 15.7 Å². The minimum Gasteiger partial charge on any atom is -0.481 e. The van der Waals surface area contributed by atoms with Crippen LogP contribution in [0.5, 0.6) is 0 Å². The number of carbonyl (C=O) groups is 2. The van der Waals surface area contributed by atoms with Gasteiger partial charge in [-0.25, -0.2) is 0 Å². The number of anilines is 1. The molecule has 4 rings (SSSR count). The first-order valence-electron chi connectivity index (χ1n) is 11.9. The van der Waals surface area contributed by atoms with Crippen LogP contribution in [0.1, 0.15) is 62.5 Å². The van der Waals surface area contributed by atoms with Crippen LogP contribution in [0.2, 0.25) is 0 Å². The quantitative estimate of drug-likeness (QED) is 0.647. The van der Waals surface area contributed by atoms with Gasteiger partial charge in [0.25, 0.3) is 0 Å². The largest absolute Gasteiger partial charge is 0.481 e. The van der Waals surface area contributed by atoms with Gasteiger partial charge in [-0.3, -0.25) is 9.59 Å². The second-order valence-electron chi connectivity index (χ2n) is 9.52. The van der Waals surface area contributed by atoms with E-state index in [0.717, 1.165) is 36.1 Å². The van der Waals surface area contributed by atoms with Gasteiger partial charge in [0.15, 0.2) is 0 Å². The number of carboxylic acid groups (broad SMARTS) is 1. The van der Waals surface area contributed by atoms with Gasteiger partial charge in [0.1, 0.15) is 5.54 Å². The Morgan fingerprint density at radius 3 is 2.47 bits per heavy atom. The topological polar surface area (TPSA) is 83.6 Å². The van der Waals surface area contributed by atoms with E-state index in [4.69, 9.17) is 5.73 Å². The number of aryl methyl sites for hydroxylation is 1. The fourth-order valence-electron chi connectivity index (χ4n) is 5.52. The molecule has 1 aliphatic heterocycles. The zero-order valence-electron chi connectivity index (χ0n) is 18.7. The summed E-state index contributed by atoms with van der Waals surface area (Å²) < 4.78 is 0. The van der Waals surface area contributed by atoms with Gasteiger partial charge in [-0.05, 0) is 48.8 Å². The number of carbonyl (C=O) groups excluding carboxylic acids is 1. The molecule has 0 unspecified atom stereocenters. The molecule has 1 fully saturated rings. The molecule has 1 saturated carbocycles. The Morgan fingerprint density at radius 1 is 1.06 bits per heavy atom. The number of amides is 1. The van der Waals surface area contributed by atoms with Crippen LogP contribution < -0.4 is 10.6 Å². The summed E-state index contributed by atoms with van der Waals surface area (Å²) in [5.41, 5.74) is 8.27. The van der Waals surface area contributed by atoms with Gasteiger partial charge in [0.05, 0.1) is 12.5 Å². The fraction of sp³-hybridized carbons (Fsp3) is 0.481. The van der Waals surface area contributed by atoms with E-state index in [1.165, 1.54) is 19.3 Å². The van der Waals surface area contributed by atoms with Crippen molar-refractivity contribution in [1.29, 1.82) is 0 Å². The summed E-state index contributed by atoms with van der Waals surface area (Å²) in [5.74, 6) is -1.57. The maximum atomic E-state index is 14.0. The first-order chi connectivity index (χ1) is 15.5. The molecular formula is C27H34N2O3. The number of hydrogen-bond acceptors (Lipinski definition) is 3. The lowest BCUT2D eigenvalue weighted by atomic mass is 9.75. The van der Waals surface area contributed by atoms with E-state index in [2.05, 4.69) is 0 Å². The highest BCUT2D eigenvalue weighted by Gasteiger charge is 2.49. The zero-order chi connectivity index (χ0) is 22.6. The Kier molecular flexibility index (Phi) is 6.95. The number of aliphatic carboxylic acids is 1. The highest BCUT2D eigenvalue weighted by molar-refractivity contribution is 6.03. The molecule has 0 aromatic heterocycles. The van der Waals surface area contributed by atoms with Crippen molar-refractivity contribution in [3.63, 3.8) is 0 Å².